The van der Waals surface area contributed by atoms with Crippen molar-refractivity contribution in [2.24, 2.45) is 0 Å². The molecule has 2 fully saturated rings. The quantitative estimate of drug-likeness (QED) is 0.362. The molecule has 0 amide bonds. The standard InChI is InChI=1S/C29H36F2N6O2S/c1-20(2)36-8-6-35(7-9-36)19-24-25(30)14-21(15-26(24)31)27-16-22(4-5-32-27)34-40-28-17-23(18-33-29(28)38-3)37-10-12-39-13-11-37/h4-5,14-18,20H,6-13,19H2,1-3H3,(H,32,34). The Labute approximate surface area is 238 Å². The third kappa shape index (κ3) is 6.83. The first kappa shape index (κ1) is 28.5. The number of rotatable bonds is 9. The van der Waals surface area contributed by atoms with Gasteiger partial charge in [0, 0.05) is 74.9 Å². The van der Waals surface area contributed by atoms with Crippen molar-refractivity contribution >= 4 is 23.3 Å². The Morgan fingerprint density at radius 2 is 1.73 bits per heavy atom. The number of nitrogens with one attached hydrogen (secondary N) is 1. The average molecular weight is 571 g/mol. The molecule has 2 saturated heterocycles. The van der Waals surface area contributed by atoms with Crippen LogP contribution < -0.4 is 14.4 Å². The molecule has 2 aliphatic heterocycles. The Kier molecular flexibility index (Phi) is 9.36. The van der Waals surface area contributed by atoms with Gasteiger partial charge in [-0.15, -0.1) is 0 Å². The minimum absolute atomic E-state index is 0.103. The molecule has 0 spiro atoms. The molecule has 0 radical (unpaired) electrons. The minimum atomic E-state index is -0.549. The van der Waals surface area contributed by atoms with Crippen LogP contribution in [0.15, 0.2) is 47.6 Å². The van der Waals surface area contributed by atoms with Crippen molar-refractivity contribution in [3.05, 3.63) is 59.9 Å². The molecule has 0 bridgehead atoms. The van der Waals surface area contributed by atoms with Crippen LogP contribution in [0.1, 0.15) is 19.4 Å². The van der Waals surface area contributed by atoms with Gasteiger partial charge in [0.1, 0.15) is 11.6 Å². The zero-order valence-electron chi connectivity index (χ0n) is 23.2. The lowest BCUT2D eigenvalue weighted by atomic mass is 10.1. The van der Waals surface area contributed by atoms with E-state index in [1.54, 1.807) is 31.6 Å². The van der Waals surface area contributed by atoms with Crippen LogP contribution in [-0.2, 0) is 11.3 Å². The number of aromatic nitrogens is 2. The van der Waals surface area contributed by atoms with Crippen molar-refractivity contribution in [3.63, 3.8) is 0 Å². The molecule has 0 aliphatic carbocycles. The molecule has 0 unspecified atom stereocenters. The van der Waals surface area contributed by atoms with Crippen LogP contribution in [0.4, 0.5) is 20.2 Å². The van der Waals surface area contributed by atoms with Gasteiger partial charge < -0.3 is 19.1 Å². The number of morpholine rings is 1. The summed E-state index contributed by atoms with van der Waals surface area (Å²) in [5, 5.41) is 0. The lowest BCUT2D eigenvalue weighted by molar-refractivity contribution is 0.102. The molecule has 0 saturated carbocycles. The zero-order valence-corrected chi connectivity index (χ0v) is 24.0. The van der Waals surface area contributed by atoms with E-state index in [4.69, 9.17) is 9.47 Å². The van der Waals surface area contributed by atoms with Gasteiger partial charge in [-0.3, -0.25) is 14.8 Å². The van der Waals surface area contributed by atoms with Crippen LogP contribution in [0.25, 0.3) is 11.3 Å². The highest BCUT2D eigenvalue weighted by molar-refractivity contribution is 8.00. The Balaban J connectivity index is 1.27. The molecule has 1 N–H and O–H groups in total. The fourth-order valence-corrected chi connectivity index (χ4v) is 5.73. The maximum Gasteiger partial charge on any atom is 0.229 e. The fraction of sp³-hybridized carbons (Fsp3) is 0.448. The fourth-order valence-electron chi connectivity index (χ4n) is 4.97. The maximum absolute atomic E-state index is 15.1. The summed E-state index contributed by atoms with van der Waals surface area (Å²) in [6, 6.07) is 8.84. The Bertz CT molecular complexity index is 1280. The van der Waals surface area contributed by atoms with Gasteiger partial charge >= 0.3 is 0 Å². The summed E-state index contributed by atoms with van der Waals surface area (Å²) in [5.74, 6) is -0.590. The second-order valence-electron chi connectivity index (χ2n) is 10.3. The van der Waals surface area contributed by atoms with E-state index in [0.29, 0.717) is 36.4 Å². The highest BCUT2D eigenvalue weighted by Crippen LogP contribution is 2.33. The molecule has 2 aliphatic rings. The number of pyridine rings is 2. The number of halogens is 2. The molecule has 3 aromatic rings. The Morgan fingerprint density at radius 1 is 1.00 bits per heavy atom. The van der Waals surface area contributed by atoms with Gasteiger partial charge in [0.05, 0.1) is 42.8 Å². The highest BCUT2D eigenvalue weighted by atomic mass is 32.2. The highest BCUT2D eigenvalue weighted by Gasteiger charge is 2.22. The van der Waals surface area contributed by atoms with Crippen LogP contribution in [-0.4, -0.2) is 85.4 Å². The van der Waals surface area contributed by atoms with E-state index < -0.39 is 11.6 Å². The lowest BCUT2D eigenvalue weighted by Gasteiger charge is -2.37. The number of hydrogen-bond donors (Lipinski definition) is 1. The minimum Gasteiger partial charge on any atom is -0.480 e. The summed E-state index contributed by atoms with van der Waals surface area (Å²) in [6.45, 7) is 11.0. The lowest BCUT2D eigenvalue weighted by Crippen LogP contribution is -2.48. The average Bonchev–Trinajstić information content (AvgIpc) is 2.98. The van der Waals surface area contributed by atoms with Crippen molar-refractivity contribution in [3.8, 4) is 17.1 Å². The molecule has 2 aromatic heterocycles. The second kappa shape index (κ2) is 13.1. The van der Waals surface area contributed by atoms with Crippen molar-refractivity contribution in [2.75, 3.05) is 69.2 Å². The first-order chi connectivity index (χ1) is 19.4. The van der Waals surface area contributed by atoms with Gasteiger partial charge in [0.25, 0.3) is 0 Å². The maximum atomic E-state index is 15.1. The molecule has 8 nitrogen and oxygen atoms in total. The van der Waals surface area contributed by atoms with E-state index in [9.17, 15) is 0 Å². The molecule has 4 heterocycles. The van der Waals surface area contributed by atoms with Crippen molar-refractivity contribution in [1.29, 1.82) is 0 Å². The van der Waals surface area contributed by atoms with Gasteiger partial charge in [-0.1, -0.05) is 0 Å². The SMILES string of the molecule is COc1ncc(N2CCOCC2)cc1SNc1ccnc(-c2cc(F)c(CN3CCN(C(C)C)CC3)c(F)c2)c1. The van der Waals surface area contributed by atoms with E-state index in [0.717, 1.165) is 55.5 Å². The van der Waals surface area contributed by atoms with Gasteiger partial charge in [-0.05, 0) is 56.1 Å². The summed E-state index contributed by atoms with van der Waals surface area (Å²) in [7, 11) is 1.59. The number of methoxy groups -OCH3 is 1. The predicted molar refractivity (Wildman–Crippen MR) is 155 cm³/mol. The predicted octanol–water partition coefficient (Wildman–Crippen LogP) is 4.91. The largest absolute Gasteiger partial charge is 0.480 e. The number of hydrogen-bond acceptors (Lipinski definition) is 9. The summed E-state index contributed by atoms with van der Waals surface area (Å²) < 4.78 is 44.5. The van der Waals surface area contributed by atoms with Crippen LogP contribution in [0.5, 0.6) is 5.88 Å². The normalized spacial score (nSPS) is 16.9. The van der Waals surface area contributed by atoms with Crippen molar-refractivity contribution < 1.29 is 18.3 Å². The number of anilines is 2. The van der Waals surface area contributed by atoms with E-state index in [1.807, 2.05) is 6.07 Å². The topological polar surface area (TPSA) is 66.0 Å². The van der Waals surface area contributed by atoms with Crippen LogP contribution >= 0.6 is 11.9 Å². The molecule has 11 heteroatoms. The summed E-state index contributed by atoms with van der Waals surface area (Å²) in [6.07, 6.45) is 3.42. The first-order valence-electron chi connectivity index (χ1n) is 13.6. The molecular formula is C29H36F2N6O2S. The zero-order chi connectivity index (χ0) is 28.1. The molecule has 1 aromatic carbocycles. The van der Waals surface area contributed by atoms with Gasteiger partial charge in [-0.2, -0.15) is 0 Å². The third-order valence-corrected chi connectivity index (χ3v) is 8.22. The number of piperazine rings is 1. The van der Waals surface area contributed by atoms with Crippen molar-refractivity contribution in [2.45, 2.75) is 31.3 Å². The van der Waals surface area contributed by atoms with Crippen LogP contribution in [0, 0.1) is 11.6 Å². The molecule has 5 rings (SSSR count). The molecule has 0 atom stereocenters. The van der Waals surface area contributed by atoms with Gasteiger partial charge in [0.15, 0.2) is 0 Å². The summed E-state index contributed by atoms with van der Waals surface area (Å²) >= 11 is 1.36. The second-order valence-corrected chi connectivity index (χ2v) is 11.1. The summed E-state index contributed by atoms with van der Waals surface area (Å²) in [4.78, 5) is 16.4. The number of benzene rings is 1. The van der Waals surface area contributed by atoms with E-state index in [1.165, 1.54) is 24.1 Å². The van der Waals surface area contributed by atoms with Crippen LogP contribution in [0.2, 0.25) is 0 Å². The third-order valence-electron chi connectivity index (χ3n) is 7.37. The summed E-state index contributed by atoms with van der Waals surface area (Å²) in [5.41, 5.74) is 2.71. The number of ether oxygens (including phenoxy) is 2. The van der Waals surface area contributed by atoms with Crippen LogP contribution in [0.3, 0.4) is 0 Å². The Hall–Kier alpha value is -2.99. The van der Waals surface area contributed by atoms with E-state index in [2.05, 4.69) is 43.2 Å². The van der Waals surface area contributed by atoms with Gasteiger partial charge in [-0.25, -0.2) is 13.8 Å². The monoisotopic (exact) mass is 570 g/mol. The molecule has 214 valence electrons. The smallest absolute Gasteiger partial charge is 0.229 e. The number of nitrogens with zero attached hydrogens (tertiary/aromatic N) is 5. The molecule has 40 heavy (non-hydrogen) atoms. The first-order valence-corrected chi connectivity index (χ1v) is 14.4. The van der Waals surface area contributed by atoms with Crippen molar-refractivity contribution in [1.82, 2.24) is 19.8 Å². The van der Waals surface area contributed by atoms with E-state index >= 15 is 8.78 Å². The molecular weight excluding hydrogens is 534 g/mol. The van der Waals surface area contributed by atoms with E-state index in [-0.39, 0.29) is 12.1 Å². The Morgan fingerprint density at radius 3 is 2.40 bits per heavy atom. The van der Waals surface area contributed by atoms with Gasteiger partial charge in [0.2, 0.25) is 5.88 Å².